The zero-order chi connectivity index (χ0) is 22.4. The van der Waals surface area contributed by atoms with Crippen molar-refractivity contribution in [3.05, 3.63) is 88.2 Å². The number of primary amides is 1. The lowest BCUT2D eigenvalue weighted by atomic mass is 10.0. The predicted octanol–water partition coefficient (Wildman–Crippen LogP) is 5.22. The maximum atomic E-state index is 13.8. The van der Waals surface area contributed by atoms with Crippen LogP contribution in [0.2, 0.25) is 5.02 Å². The molecule has 0 bridgehead atoms. The fourth-order valence-corrected chi connectivity index (χ4v) is 3.14. The smallest absolute Gasteiger partial charge is 0.409 e. The molecule has 31 heavy (non-hydrogen) atoms. The van der Waals surface area contributed by atoms with E-state index in [0.717, 1.165) is 11.6 Å². The highest BCUT2D eigenvalue weighted by molar-refractivity contribution is 6.32. The van der Waals surface area contributed by atoms with Gasteiger partial charge >= 0.3 is 6.09 Å². The van der Waals surface area contributed by atoms with Gasteiger partial charge in [-0.1, -0.05) is 42.8 Å². The normalized spacial score (nSPS) is 10.4. The van der Waals surface area contributed by atoms with Gasteiger partial charge in [-0.2, -0.15) is 0 Å². The van der Waals surface area contributed by atoms with Crippen LogP contribution in [0.15, 0.2) is 60.7 Å². The summed E-state index contributed by atoms with van der Waals surface area (Å²) < 4.78 is 24.5. The first-order chi connectivity index (χ1) is 14.9. The first-order valence-corrected chi connectivity index (χ1v) is 9.84. The number of benzene rings is 3. The Labute approximate surface area is 183 Å². The summed E-state index contributed by atoms with van der Waals surface area (Å²) in [5.41, 5.74) is 6.22. The van der Waals surface area contributed by atoms with Gasteiger partial charge in [-0.25, -0.2) is 9.18 Å². The monoisotopic (exact) mass is 442 g/mol. The van der Waals surface area contributed by atoms with E-state index in [1.807, 2.05) is 18.2 Å². The zero-order valence-corrected chi connectivity index (χ0v) is 17.4. The van der Waals surface area contributed by atoms with Crippen molar-refractivity contribution in [2.45, 2.75) is 19.9 Å². The molecule has 0 spiro atoms. The largest absolute Gasteiger partial charge is 0.456 e. The first kappa shape index (κ1) is 22.1. The third-order valence-electron chi connectivity index (χ3n) is 4.39. The predicted molar refractivity (Wildman–Crippen MR) is 115 cm³/mol. The van der Waals surface area contributed by atoms with Gasteiger partial charge in [-0.3, -0.25) is 4.79 Å². The second-order valence-corrected chi connectivity index (χ2v) is 6.98. The van der Waals surface area contributed by atoms with E-state index < -0.39 is 17.8 Å². The van der Waals surface area contributed by atoms with Crippen molar-refractivity contribution in [2.75, 3.05) is 0 Å². The molecule has 3 rings (SSSR count). The van der Waals surface area contributed by atoms with E-state index in [9.17, 15) is 14.0 Å². The van der Waals surface area contributed by atoms with Crippen molar-refractivity contribution in [3.8, 4) is 17.2 Å². The van der Waals surface area contributed by atoms with E-state index in [1.54, 1.807) is 37.3 Å². The summed E-state index contributed by atoms with van der Waals surface area (Å²) in [6.45, 7) is 1.89. The summed E-state index contributed by atoms with van der Waals surface area (Å²) in [4.78, 5) is 24.0. The molecule has 0 radical (unpaired) electrons. The van der Waals surface area contributed by atoms with Crippen molar-refractivity contribution in [3.63, 3.8) is 0 Å². The van der Waals surface area contributed by atoms with Gasteiger partial charge in [-0.15, -0.1) is 0 Å². The lowest BCUT2D eigenvalue weighted by Gasteiger charge is -2.14. The van der Waals surface area contributed by atoms with Crippen LogP contribution < -0.4 is 20.5 Å². The molecule has 0 fully saturated rings. The molecule has 2 amide bonds. The van der Waals surface area contributed by atoms with E-state index in [-0.39, 0.29) is 17.9 Å². The molecule has 3 aromatic carbocycles. The molecule has 0 aliphatic heterocycles. The van der Waals surface area contributed by atoms with Crippen LogP contribution >= 0.6 is 11.6 Å². The lowest BCUT2D eigenvalue weighted by Crippen LogP contribution is -2.26. The van der Waals surface area contributed by atoms with Crippen molar-refractivity contribution in [1.82, 2.24) is 5.32 Å². The van der Waals surface area contributed by atoms with Crippen LogP contribution in [0, 0.1) is 5.82 Å². The van der Waals surface area contributed by atoms with Crippen LogP contribution in [0.4, 0.5) is 9.18 Å². The number of hydrogen-bond donors (Lipinski definition) is 2. The number of carbonyl (C=O) groups excluding carboxylic acids is 2. The number of hydrogen-bond acceptors (Lipinski definition) is 4. The molecule has 0 aliphatic carbocycles. The number of amides is 2. The molecule has 0 aliphatic rings. The molecule has 8 heteroatoms. The van der Waals surface area contributed by atoms with Crippen molar-refractivity contribution < 1.29 is 23.5 Å². The Hall–Kier alpha value is -3.58. The molecule has 3 aromatic rings. The molecular formula is C23H20ClFN2O4. The molecule has 0 heterocycles. The number of nitrogens with one attached hydrogen (secondary N) is 1. The highest BCUT2D eigenvalue weighted by Crippen LogP contribution is 2.30. The number of ether oxygens (including phenoxy) is 2. The van der Waals surface area contributed by atoms with Crippen LogP contribution in [0.3, 0.4) is 0 Å². The Kier molecular flexibility index (Phi) is 7.10. The zero-order valence-electron chi connectivity index (χ0n) is 16.7. The number of nitrogens with two attached hydrogens (primary N) is 1. The number of para-hydroxylation sites is 1. The molecule has 0 saturated carbocycles. The van der Waals surface area contributed by atoms with E-state index >= 15 is 0 Å². The second kappa shape index (κ2) is 9.95. The summed E-state index contributed by atoms with van der Waals surface area (Å²) in [6.07, 6.45) is -0.784. The van der Waals surface area contributed by atoms with E-state index in [0.29, 0.717) is 28.5 Å². The fourth-order valence-electron chi connectivity index (χ4n) is 2.98. The summed E-state index contributed by atoms with van der Waals surface area (Å²) in [7, 11) is 0. The quantitative estimate of drug-likeness (QED) is 0.524. The molecule has 6 nitrogen and oxygen atoms in total. The van der Waals surface area contributed by atoms with Gasteiger partial charge in [-0.05, 0) is 47.9 Å². The average molecular weight is 443 g/mol. The topological polar surface area (TPSA) is 90.7 Å². The Bertz CT molecular complexity index is 1110. The highest BCUT2D eigenvalue weighted by atomic mass is 35.5. The van der Waals surface area contributed by atoms with Crippen LogP contribution in [0.1, 0.15) is 28.4 Å². The molecule has 0 unspecified atom stereocenters. The molecule has 0 saturated heterocycles. The summed E-state index contributed by atoms with van der Waals surface area (Å²) in [5.74, 6) is -0.337. The van der Waals surface area contributed by atoms with Crippen LogP contribution in [0.25, 0.3) is 0 Å². The van der Waals surface area contributed by atoms with Gasteiger partial charge < -0.3 is 20.5 Å². The van der Waals surface area contributed by atoms with Gasteiger partial charge in [0.25, 0.3) is 5.91 Å². The second-order valence-electron chi connectivity index (χ2n) is 6.58. The molecule has 160 valence electrons. The summed E-state index contributed by atoms with van der Waals surface area (Å²) in [5, 5.41) is 3.16. The SMILES string of the molecule is CCc1cc(F)cc(OC(N)=O)c1C(=O)NCc1ccc(Cl)c(Oc2ccccc2)c1. The lowest BCUT2D eigenvalue weighted by molar-refractivity contribution is 0.0947. The number of halogens is 2. The van der Waals surface area contributed by atoms with Crippen molar-refractivity contribution in [2.24, 2.45) is 5.73 Å². The van der Waals surface area contributed by atoms with E-state index in [4.69, 9.17) is 26.8 Å². The molecule has 3 N–H and O–H groups in total. The van der Waals surface area contributed by atoms with Gasteiger partial charge in [0.1, 0.15) is 23.1 Å². The average Bonchev–Trinajstić information content (AvgIpc) is 2.74. The standard InChI is InChI=1S/C23H20ClFN2O4/c1-2-15-11-16(25)12-20(31-23(26)29)21(15)22(28)27-13-14-8-9-18(24)19(10-14)30-17-6-4-3-5-7-17/h3-12H,2,13H2,1H3,(H2,26,29)(H,27,28). The van der Waals surface area contributed by atoms with Crippen LogP contribution in [-0.4, -0.2) is 12.0 Å². The summed E-state index contributed by atoms with van der Waals surface area (Å²) >= 11 is 6.22. The number of rotatable bonds is 7. The third-order valence-corrected chi connectivity index (χ3v) is 4.70. The molecule has 0 atom stereocenters. The van der Waals surface area contributed by atoms with Gasteiger partial charge in [0.15, 0.2) is 0 Å². The van der Waals surface area contributed by atoms with E-state index in [2.05, 4.69) is 5.32 Å². The third kappa shape index (κ3) is 5.73. The minimum atomic E-state index is -1.14. The van der Waals surface area contributed by atoms with Gasteiger partial charge in [0, 0.05) is 12.6 Å². The van der Waals surface area contributed by atoms with Crippen molar-refractivity contribution >= 4 is 23.6 Å². The van der Waals surface area contributed by atoms with Crippen molar-refractivity contribution in [1.29, 1.82) is 0 Å². The number of aryl methyl sites for hydroxylation is 1. The Morgan fingerprint density at radius 2 is 1.81 bits per heavy atom. The van der Waals surface area contributed by atoms with Gasteiger partial charge in [0.05, 0.1) is 10.6 Å². The Morgan fingerprint density at radius 3 is 2.48 bits per heavy atom. The molecular weight excluding hydrogens is 423 g/mol. The van der Waals surface area contributed by atoms with E-state index in [1.165, 1.54) is 6.07 Å². The maximum Gasteiger partial charge on any atom is 0.409 e. The minimum absolute atomic E-state index is 0.0532. The van der Waals surface area contributed by atoms with Gasteiger partial charge in [0.2, 0.25) is 0 Å². The maximum absolute atomic E-state index is 13.8. The first-order valence-electron chi connectivity index (χ1n) is 9.46. The Morgan fingerprint density at radius 1 is 1.06 bits per heavy atom. The highest BCUT2D eigenvalue weighted by Gasteiger charge is 2.20. The van der Waals surface area contributed by atoms with Crippen LogP contribution in [0.5, 0.6) is 17.2 Å². The minimum Gasteiger partial charge on any atom is -0.456 e. The van der Waals surface area contributed by atoms with Crippen LogP contribution in [-0.2, 0) is 13.0 Å². The number of carbonyl (C=O) groups is 2. The fraction of sp³-hybridized carbons (Fsp3) is 0.130. The summed E-state index contributed by atoms with van der Waals surface area (Å²) in [6, 6.07) is 16.4. The molecule has 0 aromatic heterocycles. The Balaban J connectivity index is 1.79.